The molecule has 0 unspecified atom stereocenters. The first-order valence-corrected chi connectivity index (χ1v) is 13.4. The maximum atomic E-state index is 13.6. The molecule has 1 saturated carbocycles. The Morgan fingerprint density at radius 2 is 1.93 bits per heavy atom. The quantitative estimate of drug-likeness (QED) is 0.226. The highest BCUT2D eigenvalue weighted by Gasteiger charge is 2.41. The zero-order valence-electron chi connectivity index (χ0n) is 22.3. The largest absolute Gasteiger partial charge is 0.417 e. The molecule has 9 nitrogen and oxygen atoms in total. The number of hydrogen-bond acceptors (Lipinski definition) is 5. The van der Waals surface area contributed by atoms with Gasteiger partial charge in [-0.1, -0.05) is 6.07 Å². The summed E-state index contributed by atoms with van der Waals surface area (Å²) in [7, 11) is 0. The van der Waals surface area contributed by atoms with Gasteiger partial charge in [-0.15, -0.1) is 0 Å². The van der Waals surface area contributed by atoms with Gasteiger partial charge < -0.3 is 4.90 Å². The SMILES string of the molecule is N#CCC1(n2cc(-c3cccc4nc(N(C=O)C5CC5)cn34)cn2)CCN(C(=O)c2ccc(F)cc2C(F)(F)F)CC1. The predicted octanol–water partition coefficient (Wildman–Crippen LogP) is 5.03. The Balaban J connectivity index is 1.26. The summed E-state index contributed by atoms with van der Waals surface area (Å²) in [5.74, 6) is -1.36. The van der Waals surface area contributed by atoms with Crippen LogP contribution in [0.5, 0.6) is 0 Å². The van der Waals surface area contributed by atoms with Gasteiger partial charge in [-0.25, -0.2) is 9.37 Å². The summed E-state index contributed by atoms with van der Waals surface area (Å²) in [6.07, 6.45) is 3.69. The Morgan fingerprint density at radius 1 is 1.17 bits per heavy atom. The van der Waals surface area contributed by atoms with Crippen molar-refractivity contribution < 1.29 is 27.2 Å². The van der Waals surface area contributed by atoms with Gasteiger partial charge in [0.1, 0.15) is 11.5 Å². The van der Waals surface area contributed by atoms with Crippen LogP contribution < -0.4 is 4.90 Å². The molecule has 3 aromatic heterocycles. The number of imidazole rings is 1. The minimum absolute atomic E-state index is 0.0790. The summed E-state index contributed by atoms with van der Waals surface area (Å²) in [6.45, 7) is 0.182. The Kier molecular flexibility index (Phi) is 6.71. The first kappa shape index (κ1) is 27.4. The average Bonchev–Trinajstić information content (AvgIpc) is 3.49. The Morgan fingerprint density at radius 3 is 2.60 bits per heavy atom. The van der Waals surface area contributed by atoms with Crippen molar-refractivity contribution in [3.05, 3.63) is 71.9 Å². The number of fused-ring (bicyclic) bond motifs is 1. The molecular weight excluding hydrogens is 554 g/mol. The number of aromatic nitrogens is 4. The molecule has 2 aliphatic rings. The van der Waals surface area contributed by atoms with E-state index in [1.54, 1.807) is 22.0 Å². The third-order valence-electron chi connectivity index (χ3n) is 8.07. The topological polar surface area (TPSA) is 99.5 Å². The number of nitrogens with zero attached hydrogens (tertiary/aromatic N) is 7. The number of pyridine rings is 1. The number of amides is 2. The lowest BCUT2D eigenvalue weighted by atomic mass is 9.84. The highest BCUT2D eigenvalue weighted by molar-refractivity contribution is 5.96. The third kappa shape index (κ3) is 4.87. The number of hydrogen-bond donors (Lipinski definition) is 0. The Hall–Kier alpha value is -4.73. The van der Waals surface area contributed by atoms with Gasteiger partial charge in [0.2, 0.25) is 6.41 Å². The monoisotopic (exact) mass is 579 g/mol. The lowest BCUT2D eigenvalue weighted by Gasteiger charge is -2.41. The molecule has 42 heavy (non-hydrogen) atoms. The van der Waals surface area contributed by atoms with E-state index in [9.17, 15) is 32.4 Å². The summed E-state index contributed by atoms with van der Waals surface area (Å²) in [5.41, 5.74) is -0.543. The number of nitriles is 1. The van der Waals surface area contributed by atoms with Crippen LogP contribution in [0.1, 0.15) is 48.0 Å². The average molecular weight is 580 g/mol. The summed E-state index contributed by atoms with van der Waals surface area (Å²) in [4.78, 5) is 32.3. The van der Waals surface area contributed by atoms with Crippen LogP contribution in [0.2, 0.25) is 0 Å². The summed E-state index contributed by atoms with van der Waals surface area (Å²) >= 11 is 0. The van der Waals surface area contributed by atoms with Gasteiger partial charge in [0.15, 0.2) is 5.82 Å². The molecule has 0 bridgehead atoms. The van der Waals surface area contributed by atoms with E-state index < -0.39 is 34.6 Å². The van der Waals surface area contributed by atoms with Gasteiger partial charge in [0, 0.05) is 30.9 Å². The standard InChI is InChI=1S/C29H25F4N7O2/c30-20-4-7-22(23(14-20)29(31,32)33)27(42)37-12-9-28(8-11-34,10-13-37)40-16-19(15-35-40)24-2-1-3-25-36-26(17-38(24)25)39(18-41)21-5-6-21/h1-4,7,14-18,21H,5-6,8-10,12-13H2. The second-order valence-corrected chi connectivity index (χ2v) is 10.7. The van der Waals surface area contributed by atoms with Crippen molar-refractivity contribution in [1.82, 2.24) is 24.1 Å². The summed E-state index contributed by atoms with van der Waals surface area (Å²) < 4.78 is 57.7. The zero-order valence-corrected chi connectivity index (χ0v) is 22.3. The van der Waals surface area contributed by atoms with Crippen LogP contribution in [-0.4, -0.2) is 55.5 Å². The molecule has 6 rings (SSSR count). The molecule has 0 atom stereocenters. The lowest BCUT2D eigenvalue weighted by Crippen LogP contribution is -2.48. The molecule has 0 radical (unpaired) electrons. The van der Waals surface area contributed by atoms with Gasteiger partial charge in [-0.05, 0) is 56.0 Å². The summed E-state index contributed by atoms with van der Waals surface area (Å²) in [5, 5.41) is 14.2. The van der Waals surface area contributed by atoms with E-state index in [-0.39, 0.29) is 38.4 Å². The van der Waals surface area contributed by atoms with Gasteiger partial charge in [0.05, 0.1) is 47.2 Å². The van der Waals surface area contributed by atoms with Crippen molar-refractivity contribution in [2.24, 2.45) is 0 Å². The first-order chi connectivity index (χ1) is 20.1. The van der Waals surface area contributed by atoms with E-state index in [1.165, 1.54) is 4.90 Å². The third-order valence-corrected chi connectivity index (χ3v) is 8.07. The highest BCUT2D eigenvalue weighted by atomic mass is 19.4. The van der Waals surface area contributed by atoms with Crippen molar-refractivity contribution in [2.45, 2.75) is 49.9 Å². The van der Waals surface area contributed by atoms with Crippen LogP contribution >= 0.6 is 0 Å². The number of rotatable bonds is 7. The van der Waals surface area contributed by atoms with Crippen molar-refractivity contribution in [3.63, 3.8) is 0 Å². The van der Waals surface area contributed by atoms with E-state index in [0.717, 1.165) is 42.6 Å². The maximum absolute atomic E-state index is 13.6. The number of likely N-dealkylation sites (tertiary alicyclic amines) is 1. The maximum Gasteiger partial charge on any atom is 0.417 e. The fraction of sp³-hybridized carbons (Fsp3) is 0.345. The fourth-order valence-corrected chi connectivity index (χ4v) is 5.62. The van der Waals surface area contributed by atoms with Crippen LogP contribution in [0, 0.1) is 17.1 Å². The van der Waals surface area contributed by atoms with Crippen molar-refractivity contribution >= 4 is 23.8 Å². The molecule has 13 heteroatoms. The molecule has 1 aliphatic carbocycles. The Labute approximate surface area is 237 Å². The van der Waals surface area contributed by atoms with Crippen LogP contribution in [0.4, 0.5) is 23.4 Å². The number of carbonyl (C=O) groups is 2. The van der Waals surface area contributed by atoms with Gasteiger partial charge in [-0.3, -0.25) is 23.6 Å². The minimum atomic E-state index is -4.89. The van der Waals surface area contributed by atoms with Crippen molar-refractivity contribution in [1.29, 1.82) is 5.26 Å². The normalized spacial score (nSPS) is 16.8. The first-order valence-electron chi connectivity index (χ1n) is 13.4. The van der Waals surface area contributed by atoms with Crippen LogP contribution in [0.15, 0.2) is 55.0 Å². The number of anilines is 1. The molecule has 0 spiro atoms. The molecule has 216 valence electrons. The molecule has 1 aliphatic heterocycles. The molecular formula is C29H25F4N7O2. The number of halogens is 4. The lowest BCUT2D eigenvalue weighted by molar-refractivity contribution is -0.138. The predicted molar refractivity (Wildman–Crippen MR) is 143 cm³/mol. The number of alkyl halides is 3. The van der Waals surface area contributed by atoms with Gasteiger partial charge in [-0.2, -0.15) is 23.5 Å². The molecule has 1 aromatic carbocycles. The fourth-order valence-electron chi connectivity index (χ4n) is 5.62. The van der Waals surface area contributed by atoms with Crippen molar-refractivity contribution in [3.8, 4) is 17.3 Å². The highest BCUT2D eigenvalue weighted by Crippen LogP contribution is 2.37. The van der Waals surface area contributed by atoms with E-state index in [1.807, 2.05) is 28.8 Å². The van der Waals surface area contributed by atoms with Crippen LogP contribution in [-0.2, 0) is 16.5 Å². The van der Waals surface area contributed by atoms with E-state index in [0.29, 0.717) is 17.5 Å². The second-order valence-electron chi connectivity index (χ2n) is 10.7. The van der Waals surface area contributed by atoms with Gasteiger partial charge in [0.25, 0.3) is 5.91 Å². The molecule has 0 N–H and O–H groups in total. The van der Waals surface area contributed by atoms with E-state index >= 15 is 0 Å². The smallest absolute Gasteiger partial charge is 0.338 e. The Bertz CT molecular complexity index is 1710. The molecule has 2 amide bonds. The van der Waals surface area contributed by atoms with Crippen molar-refractivity contribution in [2.75, 3.05) is 18.0 Å². The molecule has 4 heterocycles. The molecule has 1 saturated heterocycles. The number of benzene rings is 1. The zero-order chi connectivity index (χ0) is 29.6. The number of carbonyl (C=O) groups excluding carboxylic acids is 2. The van der Waals surface area contributed by atoms with E-state index in [2.05, 4.69) is 16.2 Å². The second kappa shape index (κ2) is 10.3. The molecule has 4 aromatic rings. The van der Waals surface area contributed by atoms with Crippen LogP contribution in [0.25, 0.3) is 16.9 Å². The van der Waals surface area contributed by atoms with Crippen LogP contribution in [0.3, 0.4) is 0 Å². The van der Waals surface area contributed by atoms with Gasteiger partial charge >= 0.3 is 6.18 Å². The minimum Gasteiger partial charge on any atom is -0.338 e. The molecule has 2 fully saturated rings. The van der Waals surface area contributed by atoms with E-state index in [4.69, 9.17) is 0 Å². The summed E-state index contributed by atoms with van der Waals surface area (Å²) in [6, 6.07) is 9.95. The number of piperidine rings is 1.